The van der Waals surface area contributed by atoms with Crippen molar-refractivity contribution in [3.63, 3.8) is 0 Å². The largest absolute Gasteiger partial charge is 0.343 e. The lowest BCUT2D eigenvalue weighted by molar-refractivity contribution is -0.132. The minimum absolute atomic E-state index is 0.0522. The summed E-state index contributed by atoms with van der Waals surface area (Å²) < 4.78 is 13.0. The summed E-state index contributed by atoms with van der Waals surface area (Å²) in [5, 5.41) is 0. The molecule has 0 radical (unpaired) electrons. The molecule has 0 spiro atoms. The monoisotopic (exact) mass is 339 g/mol. The Kier molecular flexibility index (Phi) is 5.59. The molecule has 4 heteroatoms. The third kappa shape index (κ3) is 4.53. The maximum absolute atomic E-state index is 13.0. The molecule has 1 amide bonds. The van der Waals surface area contributed by atoms with Crippen LogP contribution in [0.25, 0.3) is 0 Å². The van der Waals surface area contributed by atoms with Gasteiger partial charge in [-0.2, -0.15) is 0 Å². The molecule has 0 saturated carbocycles. The summed E-state index contributed by atoms with van der Waals surface area (Å²) in [6.45, 7) is 1.23. The van der Waals surface area contributed by atoms with Gasteiger partial charge in [0.05, 0.1) is 0 Å². The molecule has 0 unspecified atom stereocenters. The van der Waals surface area contributed by atoms with Crippen LogP contribution in [0.4, 0.5) is 4.39 Å². The van der Waals surface area contributed by atoms with Crippen molar-refractivity contribution >= 4 is 11.7 Å². The molecular weight excluding hydrogens is 317 g/mol. The van der Waals surface area contributed by atoms with Crippen LogP contribution in [-0.2, 0) is 11.2 Å². The van der Waals surface area contributed by atoms with Gasteiger partial charge in [0.25, 0.3) is 0 Å². The molecule has 0 N–H and O–H groups in total. The Morgan fingerprint density at radius 2 is 1.60 bits per heavy atom. The van der Waals surface area contributed by atoms with Crippen molar-refractivity contribution in [3.05, 3.63) is 71.5 Å². The molecule has 0 bridgehead atoms. The Balaban J connectivity index is 1.48. The average molecular weight is 339 g/mol. The number of amides is 1. The number of carbonyl (C=O) groups excluding carboxylic acids is 2. The first-order chi connectivity index (χ1) is 12.1. The number of likely N-dealkylation sites (tertiary alicyclic amines) is 1. The number of piperidine rings is 1. The molecule has 0 atom stereocenters. The second kappa shape index (κ2) is 8.06. The smallest absolute Gasteiger partial charge is 0.222 e. The third-order valence-electron chi connectivity index (χ3n) is 4.82. The third-order valence-corrected chi connectivity index (χ3v) is 4.82. The van der Waals surface area contributed by atoms with Crippen molar-refractivity contribution in [2.45, 2.75) is 25.7 Å². The lowest BCUT2D eigenvalue weighted by atomic mass is 9.88. The number of hydrogen-bond donors (Lipinski definition) is 0. The summed E-state index contributed by atoms with van der Waals surface area (Å²) in [7, 11) is 0. The average Bonchev–Trinajstić information content (AvgIpc) is 2.67. The van der Waals surface area contributed by atoms with Crippen LogP contribution >= 0.6 is 0 Å². The maximum Gasteiger partial charge on any atom is 0.222 e. The number of hydrogen-bond acceptors (Lipinski definition) is 2. The van der Waals surface area contributed by atoms with E-state index in [1.807, 2.05) is 35.2 Å². The molecule has 3 nitrogen and oxygen atoms in total. The lowest BCUT2D eigenvalue weighted by Crippen LogP contribution is -2.40. The van der Waals surface area contributed by atoms with Crippen LogP contribution in [-0.4, -0.2) is 29.7 Å². The Morgan fingerprint density at radius 1 is 0.960 bits per heavy atom. The van der Waals surface area contributed by atoms with E-state index in [2.05, 4.69) is 0 Å². The molecule has 1 fully saturated rings. The number of nitrogens with zero attached hydrogens (tertiary/aromatic N) is 1. The van der Waals surface area contributed by atoms with Crippen LogP contribution in [0.5, 0.6) is 0 Å². The fourth-order valence-electron chi connectivity index (χ4n) is 3.29. The van der Waals surface area contributed by atoms with Crippen molar-refractivity contribution in [1.29, 1.82) is 0 Å². The number of aryl methyl sites for hydroxylation is 1. The fraction of sp³-hybridized carbons (Fsp3) is 0.333. The van der Waals surface area contributed by atoms with Crippen LogP contribution in [0.15, 0.2) is 54.6 Å². The van der Waals surface area contributed by atoms with E-state index in [0.29, 0.717) is 37.9 Å². The number of ketones is 1. The van der Waals surface area contributed by atoms with Gasteiger partial charge in [0.1, 0.15) is 5.82 Å². The van der Waals surface area contributed by atoms with Crippen molar-refractivity contribution in [1.82, 2.24) is 4.90 Å². The molecule has 130 valence electrons. The summed E-state index contributed by atoms with van der Waals surface area (Å²) in [6, 6.07) is 15.7. The van der Waals surface area contributed by atoms with Gasteiger partial charge in [-0.05, 0) is 49.1 Å². The molecule has 1 aliphatic rings. The van der Waals surface area contributed by atoms with Gasteiger partial charge in [-0.1, -0.05) is 30.3 Å². The predicted molar refractivity (Wildman–Crippen MR) is 94.8 cm³/mol. The number of halogens is 1. The van der Waals surface area contributed by atoms with E-state index < -0.39 is 0 Å². The van der Waals surface area contributed by atoms with Crippen LogP contribution in [0.1, 0.15) is 35.2 Å². The Hall–Kier alpha value is -2.49. The van der Waals surface area contributed by atoms with E-state index >= 15 is 0 Å². The molecular formula is C21H22FNO2. The summed E-state index contributed by atoms with van der Waals surface area (Å²) in [5.74, 6) is -0.216. The zero-order chi connectivity index (χ0) is 17.6. The molecule has 1 saturated heterocycles. The van der Waals surface area contributed by atoms with Gasteiger partial charge < -0.3 is 4.90 Å². The van der Waals surface area contributed by atoms with E-state index in [4.69, 9.17) is 0 Å². The Bertz CT molecular complexity index is 719. The Labute approximate surface area is 147 Å². The van der Waals surface area contributed by atoms with Crippen LogP contribution < -0.4 is 0 Å². The van der Waals surface area contributed by atoms with E-state index in [1.165, 1.54) is 24.3 Å². The van der Waals surface area contributed by atoms with Crippen LogP contribution in [0.2, 0.25) is 0 Å². The van der Waals surface area contributed by atoms with E-state index in [1.54, 1.807) is 0 Å². The first-order valence-electron chi connectivity index (χ1n) is 8.75. The second-order valence-corrected chi connectivity index (χ2v) is 6.51. The molecule has 0 aromatic heterocycles. The lowest BCUT2D eigenvalue weighted by Gasteiger charge is -2.31. The van der Waals surface area contributed by atoms with Gasteiger partial charge >= 0.3 is 0 Å². The van der Waals surface area contributed by atoms with Gasteiger partial charge in [-0.25, -0.2) is 4.39 Å². The highest BCUT2D eigenvalue weighted by molar-refractivity contribution is 5.98. The van der Waals surface area contributed by atoms with Crippen molar-refractivity contribution in [2.75, 3.05) is 13.1 Å². The predicted octanol–water partition coefficient (Wildman–Crippen LogP) is 3.88. The fourth-order valence-corrected chi connectivity index (χ4v) is 3.29. The standard InChI is InChI=1S/C21H22FNO2/c22-19-9-7-17(8-10-19)21(25)18-12-14-23(15-13-18)20(24)11-6-16-4-2-1-3-5-16/h1-5,7-10,18H,6,11-15H2. The van der Waals surface area contributed by atoms with E-state index in [0.717, 1.165) is 12.0 Å². The minimum atomic E-state index is -0.338. The first-order valence-corrected chi connectivity index (χ1v) is 8.75. The van der Waals surface area contributed by atoms with Crippen molar-refractivity contribution in [3.8, 4) is 0 Å². The molecule has 2 aromatic carbocycles. The van der Waals surface area contributed by atoms with Gasteiger partial charge in [-0.15, -0.1) is 0 Å². The normalized spacial score (nSPS) is 15.2. The topological polar surface area (TPSA) is 37.4 Å². The number of rotatable bonds is 5. The number of Topliss-reactive ketones (excluding diaryl/α,β-unsaturated/α-hetero) is 1. The summed E-state index contributed by atoms with van der Waals surface area (Å²) >= 11 is 0. The molecule has 3 rings (SSSR count). The highest BCUT2D eigenvalue weighted by Gasteiger charge is 2.27. The summed E-state index contributed by atoms with van der Waals surface area (Å²) in [6.07, 6.45) is 2.59. The zero-order valence-electron chi connectivity index (χ0n) is 14.2. The van der Waals surface area contributed by atoms with Crippen molar-refractivity contribution < 1.29 is 14.0 Å². The quantitative estimate of drug-likeness (QED) is 0.775. The second-order valence-electron chi connectivity index (χ2n) is 6.51. The highest BCUT2D eigenvalue weighted by atomic mass is 19.1. The van der Waals surface area contributed by atoms with Crippen LogP contribution in [0, 0.1) is 11.7 Å². The molecule has 25 heavy (non-hydrogen) atoms. The summed E-state index contributed by atoms with van der Waals surface area (Å²) in [4.78, 5) is 26.7. The van der Waals surface area contributed by atoms with Gasteiger partial charge in [0.15, 0.2) is 5.78 Å². The molecule has 1 aliphatic heterocycles. The molecule has 0 aliphatic carbocycles. The molecule has 2 aromatic rings. The molecule has 1 heterocycles. The summed E-state index contributed by atoms with van der Waals surface area (Å²) in [5.41, 5.74) is 1.72. The van der Waals surface area contributed by atoms with E-state index in [-0.39, 0.29) is 23.4 Å². The minimum Gasteiger partial charge on any atom is -0.343 e. The Morgan fingerprint density at radius 3 is 2.24 bits per heavy atom. The number of benzene rings is 2. The highest BCUT2D eigenvalue weighted by Crippen LogP contribution is 2.22. The van der Waals surface area contributed by atoms with Crippen LogP contribution in [0.3, 0.4) is 0 Å². The number of carbonyl (C=O) groups is 2. The van der Waals surface area contributed by atoms with Gasteiger partial charge in [0, 0.05) is 31.0 Å². The van der Waals surface area contributed by atoms with Gasteiger partial charge in [0.2, 0.25) is 5.91 Å². The zero-order valence-corrected chi connectivity index (χ0v) is 14.2. The van der Waals surface area contributed by atoms with Gasteiger partial charge in [-0.3, -0.25) is 9.59 Å². The maximum atomic E-state index is 13.0. The van der Waals surface area contributed by atoms with E-state index in [9.17, 15) is 14.0 Å². The first kappa shape index (κ1) is 17.3. The SMILES string of the molecule is O=C(c1ccc(F)cc1)C1CCN(C(=O)CCc2ccccc2)CC1. The van der Waals surface area contributed by atoms with Crippen molar-refractivity contribution in [2.24, 2.45) is 5.92 Å².